The van der Waals surface area contributed by atoms with Crippen LogP contribution < -0.4 is 9.47 Å². The molecule has 5 heteroatoms. The van der Waals surface area contributed by atoms with Crippen LogP contribution in [0.3, 0.4) is 0 Å². The van der Waals surface area contributed by atoms with Crippen molar-refractivity contribution in [3.63, 3.8) is 0 Å². The van der Waals surface area contributed by atoms with Gasteiger partial charge in [0.1, 0.15) is 5.69 Å². The van der Waals surface area contributed by atoms with Crippen LogP contribution in [-0.4, -0.2) is 31.9 Å². The van der Waals surface area contributed by atoms with E-state index in [1.807, 2.05) is 12.1 Å². The Labute approximate surface area is 105 Å². The third kappa shape index (κ3) is 1.68. The number of rotatable bonds is 3. The van der Waals surface area contributed by atoms with Gasteiger partial charge in [0.25, 0.3) is 0 Å². The van der Waals surface area contributed by atoms with Crippen LogP contribution in [0.1, 0.15) is 10.5 Å². The molecule has 0 saturated carbocycles. The summed E-state index contributed by atoms with van der Waals surface area (Å²) < 4.78 is 17.1. The summed E-state index contributed by atoms with van der Waals surface area (Å²) >= 11 is 0. The van der Waals surface area contributed by atoms with Gasteiger partial charge in [-0.3, -0.25) is 0 Å². The van der Waals surface area contributed by atoms with Crippen molar-refractivity contribution >= 4 is 16.9 Å². The molecule has 0 radical (unpaired) electrons. The zero-order valence-electron chi connectivity index (χ0n) is 10.8. The zero-order valence-corrected chi connectivity index (χ0v) is 10.8. The molecule has 2 rings (SSSR count). The summed E-state index contributed by atoms with van der Waals surface area (Å²) in [5, 5.41) is 0.819. The average Bonchev–Trinajstić information content (AvgIpc) is 2.74. The third-order valence-corrected chi connectivity index (χ3v) is 2.96. The number of esters is 1. The van der Waals surface area contributed by atoms with Crippen LogP contribution in [-0.2, 0) is 11.8 Å². The first-order chi connectivity index (χ1) is 8.63. The van der Waals surface area contributed by atoms with E-state index in [1.165, 1.54) is 7.11 Å². The molecular formula is C13H15NO4. The summed E-state index contributed by atoms with van der Waals surface area (Å²) in [5.74, 6) is 0.863. The van der Waals surface area contributed by atoms with Crippen LogP contribution in [0.15, 0.2) is 18.2 Å². The number of fused-ring (bicyclic) bond motifs is 1. The predicted octanol–water partition coefficient (Wildman–Crippen LogP) is 1.98. The maximum absolute atomic E-state index is 11.6. The number of ether oxygens (including phenoxy) is 3. The molecule has 0 atom stereocenters. The smallest absolute Gasteiger partial charge is 0.354 e. The van der Waals surface area contributed by atoms with E-state index in [9.17, 15) is 4.79 Å². The van der Waals surface area contributed by atoms with Gasteiger partial charge >= 0.3 is 5.97 Å². The van der Waals surface area contributed by atoms with Crippen molar-refractivity contribution in [1.82, 2.24) is 4.57 Å². The lowest BCUT2D eigenvalue weighted by molar-refractivity contribution is 0.0590. The minimum absolute atomic E-state index is 0.380. The number of hydrogen-bond donors (Lipinski definition) is 0. The first-order valence-corrected chi connectivity index (χ1v) is 5.42. The van der Waals surface area contributed by atoms with E-state index in [4.69, 9.17) is 14.2 Å². The van der Waals surface area contributed by atoms with Gasteiger partial charge < -0.3 is 18.8 Å². The third-order valence-electron chi connectivity index (χ3n) is 2.96. The molecule has 0 bridgehead atoms. The zero-order chi connectivity index (χ0) is 13.3. The molecule has 18 heavy (non-hydrogen) atoms. The topological polar surface area (TPSA) is 49.7 Å². The lowest BCUT2D eigenvalue weighted by Gasteiger charge is -2.08. The van der Waals surface area contributed by atoms with Gasteiger partial charge in [-0.1, -0.05) is 0 Å². The first-order valence-electron chi connectivity index (χ1n) is 5.42. The maximum Gasteiger partial charge on any atom is 0.354 e. The lowest BCUT2D eigenvalue weighted by Crippen LogP contribution is -2.06. The van der Waals surface area contributed by atoms with Gasteiger partial charge in [-0.05, 0) is 18.2 Å². The molecular weight excluding hydrogens is 234 g/mol. The Kier molecular flexibility index (Phi) is 3.14. The Morgan fingerprint density at radius 1 is 1.17 bits per heavy atom. The molecule has 0 aliphatic carbocycles. The van der Waals surface area contributed by atoms with Crippen molar-refractivity contribution in [3.8, 4) is 11.5 Å². The fourth-order valence-electron chi connectivity index (χ4n) is 2.04. The Balaban J connectivity index is 2.75. The van der Waals surface area contributed by atoms with Crippen LogP contribution in [0.4, 0.5) is 0 Å². The Morgan fingerprint density at radius 3 is 2.44 bits per heavy atom. The number of carbonyl (C=O) groups excluding carboxylic acids is 1. The normalized spacial score (nSPS) is 10.4. The van der Waals surface area contributed by atoms with Crippen LogP contribution in [0.5, 0.6) is 11.5 Å². The van der Waals surface area contributed by atoms with E-state index < -0.39 is 0 Å². The molecule has 0 saturated heterocycles. The number of carbonyl (C=O) groups is 1. The van der Waals surface area contributed by atoms with Gasteiger partial charge in [0.05, 0.1) is 26.8 Å². The second-order valence-electron chi connectivity index (χ2n) is 3.81. The van der Waals surface area contributed by atoms with Crippen LogP contribution >= 0.6 is 0 Å². The minimum Gasteiger partial charge on any atom is -0.493 e. The summed E-state index contributed by atoms with van der Waals surface area (Å²) in [7, 11) is 6.31. The number of aryl methyl sites for hydroxylation is 1. The van der Waals surface area contributed by atoms with E-state index in [0.29, 0.717) is 17.2 Å². The van der Waals surface area contributed by atoms with Crippen molar-refractivity contribution in [1.29, 1.82) is 0 Å². The van der Waals surface area contributed by atoms with E-state index in [-0.39, 0.29) is 5.97 Å². The quantitative estimate of drug-likeness (QED) is 0.780. The summed E-state index contributed by atoms with van der Waals surface area (Å²) in [4.78, 5) is 11.6. The standard InChI is InChI=1S/C13H15NO4/c1-14-9-5-6-11(16-2)12(17-3)8(9)7-10(14)13(15)18-4/h5-7H,1-4H3. The Morgan fingerprint density at radius 2 is 1.89 bits per heavy atom. The van der Waals surface area contributed by atoms with Crippen LogP contribution in [0.25, 0.3) is 10.9 Å². The molecule has 5 nitrogen and oxygen atoms in total. The fraction of sp³-hybridized carbons (Fsp3) is 0.308. The van der Waals surface area contributed by atoms with Crippen molar-refractivity contribution < 1.29 is 19.0 Å². The van der Waals surface area contributed by atoms with Gasteiger partial charge in [0.15, 0.2) is 11.5 Å². The largest absolute Gasteiger partial charge is 0.493 e. The average molecular weight is 249 g/mol. The molecule has 96 valence electrons. The second kappa shape index (κ2) is 4.60. The molecule has 0 aliphatic rings. The van der Waals surface area contributed by atoms with Crippen LogP contribution in [0.2, 0.25) is 0 Å². The van der Waals surface area contributed by atoms with E-state index >= 15 is 0 Å². The number of methoxy groups -OCH3 is 3. The molecule has 0 spiro atoms. The Bertz CT molecular complexity index is 601. The number of aromatic nitrogens is 1. The second-order valence-corrected chi connectivity index (χ2v) is 3.81. The summed E-state index contributed by atoms with van der Waals surface area (Å²) in [6, 6.07) is 5.42. The first kappa shape index (κ1) is 12.3. The van der Waals surface area contributed by atoms with Crippen molar-refractivity contribution in [3.05, 3.63) is 23.9 Å². The lowest BCUT2D eigenvalue weighted by atomic mass is 10.2. The molecule has 0 amide bonds. The summed E-state index contributed by atoms with van der Waals surface area (Å²) in [6.07, 6.45) is 0. The van der Waals surface area contributed by atoms with Crippen molar-refractivity contribution in [2.75, 3.05) is 21.3 Å². The molecule has 1 aromatic heterocycles. The van der Waals surface area contributed by atoms with Crippen molar-refractivity contribution in [2.24, 2.45) is 7.05 Å². The summed E-state index contributed by atoms with van der Waals surface area (Å²) in [6.45, 7) is 0. The van der Waals surface area contributed by atoms with Crippen molar-refractivity contribution in [2.45, 2.75) is 0 Å². The van der Waals surface area contributed by atoms with Gasteiger partial charge in [-0.25, -0.2) is 4.79 Å². The highest BCUT2D eigenvalue weighted by molar-refractivity contribution is 5.98. The van der Waals surface area contributed by atoms with E-state index in [1.54, 1.807) is 31.9 Å². The monoisotopic (exact) mass is 249 g/mol. The number of nitrogens with zero attached hydrogens (tertiary/aromatic N) is 1. The summed E-state index contributed by atoms with van der Waals surface area (Å²) in [5.41, 5.74) is 1.35. The number of hydrogen-bond acceptors (Lipinski definition) is 4. The van der Waals surface area contributed by atoms with Gasteiger partial charge in [0.2, 0.25) is 0 Å². The SMILES string of the molecule is COC(=O)c1cc2c(OC)c(OC)ccc2n1C. The minimum atomic E-state index is -0.380. The molecule has 0 fully saturated rings. The number of benzene rings is 1. The van der Waals surface area contributed by atoms with Crippen LogP contribution in [0, 0.1) is 0 Å². The molecule has 0 N–H and O–H groups in total. The fourth-order valence-corrected chi connectivity index (χ4v) is 2.04. The highest BCUT2D eigenvalue weighted by atomic mass is 16.5. The van der Waals surface area contributed by atoms with Gasteiger partial charge in [0, 0.05) is 12.4 Å². The highest BCUT2D eigenvalue weighted by Crippen LogP contribution is 2.36. The maximum atomic E-state index is 11.6. The molecule has 0 aliphatic heterocycles. The molecule has 0 unspecified atom stereocenters. The molecule has 2 aromatic rings. The molecule has 1 aromatic carbocycles. The predicted molar refractivity (Wildman–Crippen MR) is 67.4 cm³/mol. The van der Waals surface area contributed by atoms with Gasteiger partial charge in [-0.15, -0.1) is 0 Å². The van der Waals surface area contributed by atoms with E-state index in [2.05, 4.69) is 0 Å². The van der Waals surface area contributed by atoms with E-state index in [0.717, 1.165) is 10.9 Å². The molecule has 1 heterocycles. The Hall–Kier alpha value is -2.17. The highest BCUT2D eigenvalue weighted by Gasteiger charge is 2.18. The van der Waals surface area contributed by atoms with Gasteiger partial charge in [-0.2, -0.15) is 0 Å².